The Balaban J connectivity index is 1.62. The SMILES string of the molecule is C[C@H](CC(=O)c1cccs1)NC(=O)c1ccc2c(c1)OCC(=O)N2. The number of ketones is 1. The average Bonchev–Trinajstić information content (AvgIpc) is 3.08. The molecule has 2 aromatic rings. The number of hydrogen-bond acceptors (Lipinski definition) is 5. The minimum atomic E-state index is -0.288. The van der Waals surface area contributed by atoms with Gasteiger partial charge in [-0.15, -0.1) is 11.3 Å². The smallest absolute Gasteiger partial charge is 0.262 e. The van der Waals surface area contributed by atoms with E-state index < -0.39 is 0 Å². The molecule has 0 saturated heterocycles. The molecule has 6 nitrogen and oxygen atoms in total. The van der Waals surface area contributed by atoms with Crippen molar-refractivity contribution >= 4 is 34.6 Å². The number of hydrogen-bond donors (Lipinski definition) is 2. The van der Waals surface area contributed by atoms with Crippen LogP contribution in [0, 0.1) is 0 Å². The van der Waals surface area contributed by atoms with E-state index in [0.29, 0.717) is 21.9 Å². The zero-order chi connectivity index (χ0) is 17.1. The molecule has 2 heterocycles. The number of nitrogens with one attached hydrogen (secondary N) is 2. The first-order chi connectivity index (χ1) is 11.5. The van der Waals surface area contributed by atoms with E-state index in [4.69, 9.17) is 4.74 Å². The van der Waals surface area contributed by atoms with Crippen LogP contribution >= 0.6 is 11.3 Å². The van der Waals surface area contributed by atoms with Gasteiger partial charge in [0, 0.05) is 18.0 Å². The van der Waals surface area contributed by atoms with Crippen LogP contribution in [-0.4, -0.2) is 30.2 Å². The molecule has 0 saturated carbocycles. The molecule has 1 aliphatic rings. The maximum Gasteiger partial charge on any atom is 0.262 e. The van der Waals surface area contributed by atoms with Crippen LogP contribution in [0.3, 0.4) is 0 Å². The lowest BCUT2D eigenvalue weighted by atomic mass is 10.1. The van der Waals surface area contributed by atoms with Gasteiger partial charge in [-0.1, -0.05) is 6.07 Å². The number of carbonyl (C=O) groups excluding carboxylic acids is 3. The van der Waals surface area contributed by atoms with E-state index in [1.54, 1.807) is 31.2 Å². The number of amides is 2. The molecule has 3 rings (SSSR count). The summed E-state index contributed by atoms with van der Waals surface area (Å²) in [6.45, 7) is 1.72. The molecule has 1 atom stereocenters. The fourth-order valence-corrected chi connectivity index (χ4v) is 3.07. The Morgan fingerprint density at radius 2 is 2.21 bits per heavy atom. The molecule has 2 N–H and O–H groups in total. The van der Waals surface area contributed by atoms with E-state index in [1.807, 2.05) is 11.4 Å². The molecule has 24 heavy (non-hydrogen) atoms. The van der Waals surface area contributed by atoms with Gasteiger partial charge in [0.1, 0.15) is 5.75 Å². The van der Waals surface area contributed by atoms with Crippen molar-refractivity contribution in [1.82, 2.24) is 5.32 Å². The number of carbonyl (C=O) groups is 3. The molecule has 124 valence electrons. The second kappa shape index (κ2) is 6.84. The van der Waals surface area contributed by atoms with Gasteiger partial charge in [0.05, 0.1) is 10.6 Å². The quantitative estimate of drug-likeness (QED) is 0.816. The van der Waals surface area contributed by atoms with Gasteiger partial charge in [-0.05, 0) is 36.6 Å². The standard InChI is InChI=1S/C17H16N2O4S/c1-10(7-13(20)15-3-2-6-24-15)18-17(22)11-4-5-12-14(8-11)23-9-16(21)19-12/h2-6,8,10H,7,9H2,1H3,(H,18,22)(H,19,21)/t10-/m1/s1. The summed E-state index contributed by atoms with van der Waals surface area (Å²) >= 11 is 1.39. The number of fused-ring (bicyclic) bond motifs is 1. The van der Waals surface area contributed by atoms with Gasteiger partial charge in [0.2, 0.25) is 0 Å². The molecule has 0 bridgehead atoms. The molecule has 0 radical (unpaired) electrons. The van der Waals surface area contributed by atoms with E-state index in [9.17, 15) is 14.4 Å². The van der Waals surface area contributed by atoms with E-state index in [-0.39, 0.29) is 36.7 Å². The average molecular weight is 344 g/mol. The number of benzene rings is 1. The van der Waals surface area contributed by atoms with Crippen molar-refractivity contribution in [3.05, 3.63) is 46.2 Å². The summed E-state index contributed by atoms with van der Waals surface area (Å²) in [6.07, 6.45) is 0.240. The normalized spacial score (nSPS) is 14.1. The summed E-state index contributed by atoms with van der Waals surface area (Å²) in [6, 6.07) is 8.13. The minimum absolute atomic E-state index is 0.00860. The van der Waals surface area contributed by atoms with E-state index in [2.05, 4.69) is 10.6 Å². The van der Waals surface area contributed by atoms with Crippen molar-refractivity contribution in [2.24, 2.45) is 0 Å². The predicted octanol–water partition coefficient (Wildman–Crippen LogP) is 2.47. The maximum atomic E-state index is 12.3. The van der Waals surface area contributed by atoms with Crippen molar-refractivity contribution in [2.45, 2.75) is 19.4 Å². The molecule has 0 unspecified atom stereocenters. The van der Waals surface area contributed by atoms with Crippen LogP contribution in [0.1, 0.15) is 33.4 Å². The largest absolute Gasteiger partial charge is 0.482 e. The lowest BCUT2D eigenvalue weighted by Gasteiger charge is -2.19. The molecule has 7 heteroatoms. The Bertz CT molecular complexity index is 786. The predicted molar refractivity (Wildman–Crippen MR) is 90.8 cm³/mol. The van der Waals surface area contributed by atoms with Crippen molar-refractivity contribution < 1.29 is 19.1 Å². The fraction of sp³-hybridized carbons (Fsp3) is 0.235. The second-order valence-electron chi connectivity index (χ2n) is 5.53. The van der Waals surface area contributed by atoms with E-state index in [1.165, 1.54) is 11.3 Å². The first-order valence-electron chi connectivity index (χ1n) is 7.47. The molecule has 1 aromatic carbocycles. The third kappa shape index (κ3) is 3.62. The summed E-state index contributed by atoms with van der Waals surface area (Å²) in [4.78, 5) is 36.3. The number of rotatable bonds is 5. The van der Waals surface area contributed by atoms with Gasteiger partial charge in [0.15, 0.2) is 12.4 Å². The number of anilines is 1. The van der Waals surface area contributed by atoms with Crippen LogP contribution < -0.4 is 15.4 Å². The summed E-state index contributed by atoms with van der Waals surface area (Å²) in [5.74, 6) is -0.0379. The van der Waals surface area contributed by atoms with Gasteiger partial charge in [0.25, 0.3) is 11.8 Å². The Morgan fingerprint density at radius 3 is 2.96 bits per heavy atom. The molecular formula is C17H16N2O4S. The summed E-state index contributed by atoms with van der Waals surface area (Å²) in [5.41, 5.74) is 0.962. The summed E-state index contributed by atoms with van der Waals surface area (Å²) in [5, 5.41) is 7.33. The molecule has 0 aliphatic carbocycles. The fourth-order valence-electron chi connectivity index (χ4n) is 2.39. The molecule has 0 fully saturated rings. The summed E-state index contributed by atoms with van der Waals surface area (Å²) in [7, 11) is 0. The van der Waals surface area contributed by atoms with Crippen molar-refractivity contribution in [3.8, 4) is 5.75 Å². The number of thiophene rings is 1. The van der Waals surface area contributed by atoms with Gasteiger partial charge < -0.3 is 15.4 Å². The van der Waals surface area contributed by atoms with Crippen molar-refractivity contribution in [1.29, 1.82) is 0 Å². The third-order valence-electron chi connectivity index (χ3n) is 3.54. The lowest BCUT2D eigenvalue weighted by molar-refractivity contribution is -0.118. The Morgan fingerprint density at radius 1 is 1.38 bits per heavy atom. The van der Waals surface area contributed by atoms with E-state index in [0.717, 1.165) is 0 Å². The monoisotopic (exact) mass is 344 g/mol. The van der Waals surface area contributed by atoms with Crippen LogP contribution in [0.4, 0.5) is 5.69 Å². The van der Waals surface area contributed by atoms with Crippen LogP contribution in [0.25, 0.3) is 0 Å². The molecular weight excluding hydrogens is 328 g/mol. The van der Waals surface area contributed by atoms with Gasteiger partial charge >= 0.3 is 0 Å². The highest BCUT2D eigenvalue weighted by Gasteiger charge is 2.19. The van der Waals surface area contributed by atoms with Crippen molar-refractivity contribution in [3.63, 3.8) is 0 Å². The highest BCUT2D eigenvalue weighted by atomic mass is 32.1. The third-order valence-corrected chi connectivity index (χ3v) is 4.45. The molecule has 0 spiro atoms. The van der Waals surface area contributed by atoms with Crippen LogP contribution in [-0.2, 0) is 4.79 Å². The second-order valence-corrected chi connectivity index (χ2v) is 6.47. The molecule has 1 aromatic heterocycles. The maximum absolute atomic E-state index is 12.3. The summed E-state index contributed by atoms with van der Waals surface area (Å²) < 4.78 is 5.30. The van der Waals surface area contributed by atoms with Crippen LogP contribution in [0.15, 0.2) is 35.7 Å². The van der Waals surface area contributed by atoms with E-state index >= 15 is 0 Å². The Hall–Kier alpha value is -2.67. The Labute approximate surface area is 142 Å². The molecule has 2 amide bonds. The Kier molecular flexibility index (Phi) is 4.61. The van der Waals surface area contributed by atoms with Crippen LogP contribution in [0.2, 0.25) is 0 Å². The zero-order valence-electron chi connectivity index (χ0n) is 13.0. The van der Waals surface area contributed by atoms with Crippen LogP contribution in [0.5, 0.6) is 5.75 Å². The van der Waals surface area contributed by atoms with Crippen molar-refractivity contribution in [2.75, 3.05) is 11.9 Å². The number of Topliss-reactive ketones (excluding diaryl/α,β-unsaturated/α-hetero) is 1. The van der Waals surface area contributed by atoms with Gasteiger partial charge in [-0.2, -0.15) is 0 Å². The highest BCUT2D eigenvalue weighted by molar-refractivity contribution is 7.12. The lowest BCUT2D eigenvalue weighted by Crippen LogP contribution is -2.34. The molecule has 1 aliphatic heterocycles. The minimum Gasteiger partial charge on any atom is -0.482 e. The first-order valence-corrected chi connectivity index (χ1v) is 8.35. The topological polar surface area (TPSA) is 84.5 Å². The number of ether oxygens (including phenoxy) is 1. The van der Waals surface area contributed by atoms with Gasteiger partial charge in [-0.25, -0.2) is 0 Å². The highest BCUT2D eigenvalue weighted by Crippen LogP contribution is 2.28. The first kappa shape index (κ1) is 16.2. The zero-order valence-corrected chi connectivity index (χ0v) is 13.8. The van der Waals surface area contributed by atoms with Gasteiger partial charge in [-0.3, -0.25) is 14.4 Å².